The maximum Gasteiger partial charge on any atom is 0.326 e. The first-order valence-corrected chi connectivity index (χ1v) is 12.5. The molecule has 178 valence electrons. The van der Waals surface area contributed by atoms with Crippen molar-refractivity contribution in [3.8, 4) is 11.5 Å². The van der Waals surface area contributed by atoms with Crippen molar-refractivity contribution in [3.05, 3.63) is 115 Å². The smallest absolute Gasteiger partial charge is 0.326 e. The van der Waals surface area contributed by atoms with Gasteiger partial charge in [0.15, 0.2) is 0 Å². The lowest BCUT2D eigenvalue weighted by atomic mass is 10.2. The van der Waals surface area contributed by atoms with Crippen LogP contribution in [-0.4, -0.2) is 27.5 Å². The number of ether oxygens (including phenoxy) is 1. The molecule has 0 atom stereocenters. The molecule has 0 aromatic heterocycles. The standard InChI is InChI=1S/C27H25N3O4S/c31-27(29-22-10-4-1-5-11-22)30(21-20-28-35(32,33)26-14-8-3-9-15-26)23-16-18-25(19-17-23)34-24-12-6-2-7-13-24/h1-19,28H,20-21H2,(H,29,31). The highest BCUT2D eigenvalue weighted by molar-refractivity contribution is 7.89. The molecule has 0 aliphatic heterocycles. The third-order valence-corrected chi connectivity index (χ3v) is 6.56. The van der Waals surface area contributed by atoms with Gasteiger partial charge in [0.1, 0.15) is 11.5 Å². The van der Waals surface area contributed by atoms with E-state index >= 15 is 0 Å². The molecule has 0 saturated carbocycles. The Morgan fingerprint density at radius 3 is 1.89 bits per heavy atom. The fraction of sp³-hybridized carbons (Fsp3) is 0.0741. The average molecular weight is 488 g/mol. The predicted molar refractivity (Wildman–Crippen MR) is 137 cm³/mol. The lowest BCUT2D eigenvalue weighted by Crippen LogP contribution is -2.41. The Morgan fingerprint density at radius 2 is 1.26 bits per heavy atom. The molecule has 0 aliphatic carbocycles. The third kappa shape index (κ3) is 6.69. The Kier molecular flexibility index (Phi) is 7.77. The second kappa shape index (κ2) is 11.3. The summed E-state index contributed by atoms with van der Waals surface area (Å²) in [6.45, 7) is 0.144. The number of urea groups is 1. The summed E-state index contributed by atoms with van der Waals surface area (Å²) in [5.41, 5.74) is 1.23. The molecule has 35 heavy (non-hydrogen) atoms. The zero-order valence-corrected chi connectivity index (χ0v) is 19.7. The zero-order chi connectivity index (χ0) is 24.5. The lowest BCUT2D eigenvalue weighted by molar-refractivity contribution is 0.257. The third-order valence-electron chi connectivity index (χ3n) is 5.08. The number of amides is 2. The topological polar surface area (TPSA) is 87.7 Å². The molecular weight excluding hydrogens is 462 g/mol. The van der Waals surface area contributed by atoms with E-state index in [1.54, 1.807) is 54.6 Å². The average Bonchev–Trinajstić information content (AvgIpc) is 2.89. The summed E-state index contributed by atoms with van der Waals surface area (Å²) < 4.78 is 33.6. The second-order valence-electron chi connectivity index (χ2n) is 7.57. The number of benzene rings is 4. The van der Waals surface area contributed by atoms with Crippen LogP contribution in [0, 0.1) is 0 Å². The van der Waals surface area contributed by atoms with E-state index in [4.69, 9.17) is 4.74 Å². The maximum atomic E-state index is 13.1. The first-order chi connectivity index (χ1) is 17.0. The van der Waals surface area contributed by atoms with E-state index in [1.807, 2.05) is 48.5 Å². The second-order valence-corrected chi connectivity index (χ2v) is 9.33. The summed E-state index contributed by atoms with van der Waals surface area (Å²) in [4.78, 5) is 14.8. The summed E-state index contributed by atoms with van der Waals surface area (Å²) >= 11 is 0. The van der Waals surface area contributed by atoms with Crippen molar-refractivity contribution in [3.63, 3.8) is 0 Å². The molecule has 8 heteroatoms. The van der Waals surface area contributed by atoms with Crippen molar-refractivity contribution in [2.75, 3.05) is 23.3 Å². The molecule has 0 fully saturated rings. The van der Waals surface area contributed by atoms with Gasteiger partial charge < -0.3 is 10.1 Å². The summed E-state index contributed by atoms with van der Waals surface area (Å²) in [6, 6.07) is 33.2. The number of hydrogen-bond acceptors (Lipinski definition) is 4. The van der Waals surface area contributed by atoms with E-state index in [0.717, 1.165) is 0 Å². The van der Waals surface area contributed by atoms with Gasteiger partial charge in [-0.05, 0) is 60.7 Å². The minimum atomic E-state index is -3.69. The quantitative estimate of drug-likeness (QED) is 0.327. The minimum absolute atomic E-state index is 0.0295. The van der Waals surface area contributed by atoms with Crippen LogP contribution in [0.4, 0.5) is 16.2 Å². The van der Waals surface area contributed by atoms with Crippen LogP contribution in [-0.2, 0) is 10.0 Å². The van der Waals surface area contributed by atoms with Gasteiger partial charge in [-0.2, -0.15) is 0 Å². The molecule has 7 nitrogen and oxygen atoms in total. The molecule has 2 amide bonds. The van der Waals surface area contributed by atoms with Crippen molar-refractivity contribution in [1.82, 2.24) is 4.72 Å². The number of rotatable bonds is 9. The molecule has 4 aromatic rings. The Bertz CT molecular complexity index is 1330. The molecule has 4 rings (SSSR count). The Morgan fingerprint density at radius 1 is 0.714 bits per heavy atom. The van der Waals surface area contributed by atoms with Crippen LogP contribution in [0.2, 0.25) is 0 Å². The summed E-state index contributed by atoms with van der Waals surface area (Å²) in [5, 5.41) is 2.85. The van der Waals surface area contributed by atoms with Crippen LogP contribution < -0.4 is 19.7 Å². The number of para-hydroxylation sites is 2. The normalized spacial score (nSPS) is 11.0. The van der Waals surface area contributed by atoms with Crippen LogP contribution in [0.5, 0.6) is 11.5 Å². The van der Waals surface area contributed by atoms with Gasteiger partial charge in [-0.25, -0.2) is 17.9 Å². The Balaban J connectivity index is 1.49. The maximum absolute atomic E-state index is 13.1. The van der Waals surface area contributed by atoms with Crippen molar-refractivity contribution in [1.29, 1.82) is 0 Å². The molecule has 4 aromatic carbocycles. The molecule has 2 N–H and O–H groups in total. The van der Waals surface area contributed by atoms with Crippen LogP contribution in [0.15, 0.2) is 120 Å². The van der Waals surface area contributed by atoms with E-state index < -0.39 is 10.0 Å². The largest absolute Gasteiger partial charge is 0.457 e. The van der Waals surface area contributed by atoms with E-state index in [0.29, 0.717) is 22.9 Å². The first kappa shape index (κ1) is 24.0. The van der Waals surface area contributed by atoms with E-state index in [2.05, 4.69) is 10.0 Å². The Hall–Kier alpha value is -4.14. The first-order valence-electron chi connectivity index (χ1n) is 11.0. The van der Waals surface area contributed by atoms with Gasteiger partial charge >= 0.3 is 6.03 Å². The van der Waals surface area contributed by atoms with E-state index in [-0.39, 0.29) is 24.0 Å². The lowest BCUT2D eigenvalue weighted by Gasteiger charge is -2.24. The van der Waals surface area contributed by atoms with E-state index in [1.165, 1.54) is 17.0 Å². The van der Waals surface area contributed by atoms with Gasteiger partial charge in [0.05, 0.1) is 4.90 Å². The monoisotopic (exact) mass is 487 g/mol. The van der Waals surface area contributed by atoms with Gasteiger partial charge in [0.2, 0.25) is 10.0 Å². The Labute approximate surface area is 205 Å². The van der Waals surface area contributed by atoms with Crippen LogP contribution in [0.25, 0.3) is 0 Å². The zero-order valence-electron chi connectivity index (χ0n) is 18.9. The van der Waals surface area contributed by atoms with Crippen molar-refractivity contribution in [2.24, 2.45) is 0 Å². The molecule has 0 radical (unpaired) electrons. The number of nitrogens with zero attached hydrogens (tertiary/aromatic N) is 1. The summed E-state index contributed by atoms with van der Waals surface area (Å²) in [7, 11) is -3.69. The van der Waals surface area contributed by atoms with Gasteiger partial charge in [-0.1, -0.05) is 54.6 Å². The number of nitrogens with one attached hydrogen (secondary N) is 2. The number of hydrogen-bond donors (Lipinski definition) is 2. The molecule has 0 aliphatic rings. The van der Waals surface area contributed by atoms with Gasteiger partial charge in [0.25, 0.3) is 0 Å². The summed E-state index contributed by atoms with van der Waals surface area (Å²) in [6.07, 6.45) is 0. The molecule has 0 heterocycles. The SMILES string of the molecule is O=C(Nc1ccccc1)N(CCNS(=O)(=O)c1ccccc1)c1ccc(Oc2ccccc2)cc1. The van der Waals surface area contributed by atoms with Crippen molar-refractivity contribution in [2.45, 2.75) is 4.90 Å². The number of sulfonamides is 1. The van der Waals surface area contributed by atoms with Crippen LogP contribution >= 0.6 is 0 Å². The van der Waals surface area contributed by atoms with Gasteiger partial charge in [-0.15, -0.1) is 0 Å². The minimum Gasteiger partial charge on any atom is -0.457 e. The number of anilines is 2. The van der Waals surface area contributed by atoms with Crippen molar-refractivity contribution < 1.29 is 17.9 Å². The van der Waals surface area contributed by atoms with Crippen LogP contribution in [0.1, 0.15) is 0 Å². The van der Waals surface area contributed by atoms with Gasteiger partial charge in [-0.3, -0.25) is 4.90 Å². The summed E-state index contributed by atoms with van der Waals surface area (Å²) in [5.74, 6) is 1.32. The fourth-order valence-electron chi connectivity index (χ4n) is 3.35. The molecular formula is C27H25N3O4S. The number of carbonyl (C=O) groups excluding carboxylic acids is 1. The van der Waals surface area contributed by atoms with Crippen molar-refractivity contribution >= 4 is 27.4 Å². The van der Waals surface area contributed by atoms with Crippen LogP contribution in [0.3, 0.4) is 0 Å². The molecule has 0 saturated heterocycles. The highest BCUT2D eigenvalue weighted by Crippen LogP contribution is 2.25. The fourth-order valence-corrected chi connectivity index (χ4v) is 4.40. The van der Waals surface area contributed by atoms with E-state index in [9.17, 15) is 13.2 Å². The highest BCUT2D eigenvalue weighted by atomic mass is 32.2. The van der Waals surface area contributed by atoms with Gasteiger partial charge in [0, 0.05) is 24.5 Å². The molecule has 0 spiro atoms. The number of carbonyl (C=O) groups is 1. The predicted octanol–water partition coefficient (Wildman–Crippen LogP) is 5.50. The molecule has 0 unspecified atom stereocenters. The highest BCUT2D eigenvalue weighted by Gasteiger charge is 2.19. The molecule has 0 bridgehead atoms.